The average molecular weight is 513 g/mol. The number of nitro groups is 1. The number of hydrazone groups is 1. The molecule has 0 aliphatic rings. The number of ether oxygens (including phenoxy) is 2. The number of nitrogens with one attached hydrogen (secondary N) is 1. The summed E-state index contributed by atoms with van der Waals surface area (Å²) >= 11 is 3.28. The lowest BCUT2D eigenvalue weighted by Gasteiger charge is -2.07. The number of furan rings is 1. The molecule has 11 nitrogen and oxygen atoms in total. The molecule has 0 fully saturated rings. The Balaban J connectivity index is 1.63. The number of carbonyl (C=O) groups excluding carboxylic acids is 2. The molecule has 3 rings (SSSR count). The summed E-state index contributed by atoms with van der Waals surface area (Å²) in [5.41, 5.74) is 2.86. The highest BCUT2D eigenvalue weighted by Crippen LogP contribution is 2.24. The summed E-state index contributed by atoms with van der Waals surface area (Å²) in [6.45, 7) is -0.381. The second kappa shape index (κ2) is 10.7. The highest BCUT2D eigenvalue weighted by Gasteiger charge is 2.20. The van der Waals surface area contributed by atoms with Gasteiger partial charge in [0.2, 0.25) is 5.76 Å². The van der Waals surface area contributed by atoms with Crippen molar-refractivity contribution in [2.24, 2.45) is 5.10 Å². The van der Waals surface area contributed by atoms with Crippen molar-refractivity contribution in [2.75, 3.05) is 6.61 Å². The zero-order chi connectivity index (χ0) is 23.8. The van der Waals surface area contributed by atoms with Gasteiger partial charge >= 0.3 is 11.9 Å². The minimum absolute atomic E-state index is 0.0689. The monoisotopic (exact) mass is 512 g/mol. The van der Waals surface area contributed by atoms with Gasteiger partial charge in [-0.2, -0.15) is 10.4 Å². The lowest BCUT2D eigenvalue weighted by Crippen LogP contribution is -2.24. The van der Waals surface area contributed by atoms with Crippen LogP contribution in [0, 0.1) is 21.4 Å². The molecule has 0 spiro atoms. The van der Waals surface area contributed by atoms with Crippen molar-refractivity contribution in [3.05, 3.63) is 86.1 Å². The first-order chi connectivity index (χ1) is 15.9. The van der Waals surface area contributed by atoms with Crippen molar-refractivity contribution >= 4 is 39.9 Å². The first-order valence-electron chi connectivity index (χ1n) is 9.07. The Morgan fingerprint density at radius 3 is 2.73 bits per heavy atom. The number of halogens is 1. The number of esters is 1. The Kier molecular flexibility index (Phi) is 7.51. The van der Waals surface area contributed by atoms with Gasteiger partial charge in [0.25, 0.3) is 5.91 Å². The lowest BCUT2D eigenvalue weighted by molar-refractivity contribution is -0.402. The van der Waals surface area contributed by atoms with Gasteiger partial charge in [-0.05, 0) is 36.4 Å². The van der Waals surface area contributed by atoms with Gasteiger partial charge in [-0.1, -0.05) is 28.1 Å². The van der Waals surface area contributed by atoms with E-state index in [2.05, 4.69) is 26.5 Å². The number of hydrogen-bond acceptors (Lipinski definition) is 9. The van der Waals surface area contributed by atoms with E-state index in [4.69, 9.17) is 19.2 Å². The molecule has 0 unspecified atom stereocenters. The molecule has 33 heavy (non-hydrogen) atoms. The third-order valence-electron chi connectivity index (χ3n) is 3.91. The summed E-state index contributed by atoms with van der Waals surface area (Å²) in [6, 6.07) is 15.2. The van der Waals surface area contributed by atoms with Crippen LogP contribution in [0.3, 0.4) is 0 Å². The highest BCUT2D eigenvalue weighted by atomic mass is 79.9. The maximum atomic E-state index is 12.2. The van der Waals surface area contributed by atoms with Gasteiger partial charge in [0.05, 0.1) is 17.8 Å². The standard InChI is InChI=1S/C21H13BrN4O7/c22-15-5-6-17(33-21(28)18-7-8-20(32-18)26(29)30)14(9-15)11-24-25-19(27)12-31-16-4-2-1-3-13(16)10-23/h1-9,11H,12H2,(H,25,27)/b24-11-. The summed E-state index contributed by atoms with van der Waals surface area (Å²) in [6.07, 6.45) is 1.24. The molecule has 0 aliphatic heterocycles. The molecule has 0 aliphatic carbocycles. The predicted octanol–water partition coefficient (Wildman–Crippen LogP) is 3.57. The van der Waals surface area contributed by atoms with Crippen LogP contribution in [0.2, 0.25) is 0 Å². The van der Waals surface area contributed by atoms with Crippen LogP contribution < -0.4 is 14.9 Å². The molecule has 2 aromatic carbocycles. The van der Waals surface area contributed by atoms with Crippen LogP contribution in [-0.4, -0.2) is 29.6 Å². The molecule has 0 bridgehead atoms. The maximum absolute atomic E-state index is 12.2. The third-order valence-corrected chi connectivity index (χ3v) is 4.40. The topological polar surface area (TPSA) is 157 Å². The van der Waals surface area contributed by atoms with Crippen molar-refractivity contribution in [1.29, 1.82) is 5.26 Å². The number of para-hydroxylation sites is 1. The van der Waals surface area contributed by atoms with Crippen molar-refractivity contribution in [3.63, 3.8) is 0 Å². The van der Waals surface area contributed by atoms with E-state index < -0.39 is 22.7 Å². The van der Waals surface area contributed by atoms with E-state index in [1.807, 2.05) is 6.07 Å². The second-order valence-corrected chi connectivity index (χ2v) is 7.07. The summed E-state index contributed by atoms with van der Waals surface area (Å²) < 4.78 is 16.0. The zero-order valence-corrected chi connectivity index (χ0v) is 18.1. The Labute approximate surface area is 194 Å². The molecule has 3 aromatic rings. The van der Waals surface area contributed by atoms with Crippen molar-refractivity contribution < 1.29 is 28.4 Å². The summed E-state index contributed by atoms with van der Waals surface area (Å²) in [7, 11) is 0. The van der Waals surface area contributed by atoms with Crippen LogP contribution in [-0.2, 0) is 4.79 Å². The van der Waals surface area contributed by atoms with Gasteiger partial charge < -0.3 is 13.9 Å². The number of nitriles is 1. The lowest BCUT2D eigenvalue weighted by atomic mass is 10.2. The molecule has 1 aromatic heterocycles. The first kappa shape index (κ1) is 23.2. The normalized spacial score (nSPS) is 10.4. The smallest absolute Gasteiger partial charge is 0.433 e. The Morgan fingerprint density at radius 1 is 1.21 bits per heavy atom. The molecule has 1 amide bonds. The number of benzene rings is 2. The number of amides is 1. The van der Waals surface area contributed by atoms with Gasteiger partial charge in [-0.25, -0.2) is 10.2 Å². The van der Waals surface area contributed by atoms with Crippen LogP contribution in [0.4, 0.5) is 5.88 Å². The van der Waals surface area contributed by atoms with Crippen LogP contribution in [0.5, 0.6) is 11.5 Å². The van der Waals surface area contributed by atoms with E-state index in [1.54, 1.807) is 36.4 Å². The SMILES string of the molecule is N#Cc1ccccc1OCC(=O)N/N=C\c1cc(Br)ccc1OC(=O)c1ccc([N+](=O)[O-])o1. The minimum Gasteiger partial charge on any atom is -0.482 e. The molecule has 1 N–H and O–H groups in total. The van der Waals surface area contributed by atoms with Gasteiger partial charge in [0.15, 0.2) is 6.61 Å². The van der Waals surface area contributed by atoms with Crippen molar-refractivity contribution in [3.8, 4) is 17.6 Å². The Morgan fingerprint density at radius 2 is 2.00 bits per heavy atom. The first-order valence-corrected chi connectivity index (χ1v) is 9.86. The number of rotatable bonds is 8. The molecule has 0 radical (unpaired) electrons. The quantitative estimate of drug-likeness (QED) is 0.158. The summed E-state index contributed by atoms with van der Waals surface area (Å²) in [5.74, 6) is -2.15. The molecule has 0 saturated carbocycles. The summed E-state index contributed by atoms with van der Waals surface area (Å²) in [5, 5.41) is 23.5. The third kappa shape index (κ3) is 6.25. The summed E-state index contributed by atoms with van der Waals surface area (Å²) in [4.78, 5) is 34.1. The molecule has 1 heterocycles. The fourth-order valence-electron chi connectivity index (χ4n) is 2.43. The predicted molar refractivity (Wildman–Crippen MR) is 117 cm³/mol. The van der Waals surface area contributed by atoms with E-state index in [1.165, 1.54) is 12.3 Å². The molecular weight excluding hydrogens is 500 g/mol. The van der Waals surface area contributed by atoms with Gasteiger partial charge in [-0.3, -0.25) is 14.9 Å². The van der Waals surface area contributed by atoms with Gasteiger partial charge in [0.1, 0.15) is 22.5 Å². The van der Waals surface area contributed by atoms with Crippen LogP contribution >= 0.6 is 15.9 Å². The Hall–Kier alpha value is -4.50. The highest BCUT2D eigenvalue weighted by molar-refractivity contribution is 9.10. The molecule has 12 heteroatoms. The van der Waals surface area contributed by atoms with Crippen LogP contribution in [0.25, 0.3) is 0 Å². The minimum atomic E-state index is -0.950. The maximum Gasteiger partial charge on any atom is 0.433 e. The largest absolute Gasteiger partial charge is 0.482 e. The van der Waals surface area contributed by atoms with E-state index >= 15 is 0 Å². The molecule has 0 atom stereocenters. The molecular formula is C21H13BrN4O7. The molecule has 0 saturated heterocycles. The fraction of sp³-hybridized carbons (Fsp3) is 0.0476. The molecule has 166 valence electrons. The van der Waals surface area contributed by atoms with Crippen LogP contribution in [0.15, 0.2) is 68.6 Å². The van der Waals surface area contributed by atoms with E-state index in [0.29, 0.717) is 10.0 Å². The number of carbonyl (C=O) groups is 2. The Bertz CT molecular complexity index is 1280. The van der Waals surface area contributed by atoms with E-state index in [0.717, 1.165) is 12.1 Å². The second-order valence-electron chi connectivity index (χ2n) is 6.16. The van der Waals surface area contributed by atoms with Crippen LogP contribution in [0.1, 0.15) is 21.7 Å². The van der Waals surface area contributed by atoms with Gasteiger partial charge in [0, 0.05) is 10.0 Å². The van der Waals surface area contributed by atoms with E-state index in [9.17, 15) is 19.7 Å². The average Bonchev–Trinajstić information content (AvgIpc) is 3.30. The van der Waals surface area contributed by atoms with Crippen molar-refractivity contribution in [1.82, 2.24) is 5.43 Å². The number of hydrogen-bond donors (Lipinski definition) is 1. The van der Waals surface area contributed by atoms with E-state index in [-0.39, 0.29) is 29.4 Å². The van der Waals surface area contributed by atoms with Crippen molar-refractivity contribution in [2.45, 2.75) is 0 Å². The zero-order valence-electron chi connectivity index (χ0n) is 16.6. The van der Waals surface area contributed by atoms with Gasteiger partial charge in [-0.15, -0.1) is 0 Å². The fourth-order valence-corrected chi connectivity index (χ4v) is 2.81. The number of nitrogens with zero attached hydrogens (tertiary/aromatic N) is 3.